The first-order chi connectivity index (χ1) is 10.2. The van der Waals surface area contributed by atoms with Crippen molar-refractivity contribution in [2.24, 2.45) is 0 Å². The summed E-state index contributed by atoms with van der Waals surface area (Å²) in [5, 5.41) is 22.3. The van der Waals surface area contributed by atoms with E-state index in [4.69, 9.17) is 5.11 Å². The SMILES string of the molecule is O=C(O)CCCc1nn2c(Cc3ccccc3)nnc2s1. The minimum atomic E-state index is -0.775. The van der Waals surface area contributed by atoms with Gasteiger partial charge in [0.15, 0.2) is 5.82 Å². The minimum Gasteiger partial charge on any atom is -0.481 e. The van der Waals surface area contributed by atoms with Crippen molar-refractivity contribution in [1.82, 2.24) is 19.8 Å². The number of carboxylic acids is 1. The monoisotopic (exact) mass is 302 g/mol. The summed E-state index contributed by atoms with van der Waals surface area (Å²) < 4.78 is 1.76. The van der Waals surface area contributed by atoms with Gasteiger partial charge in [0.25, 0.3) is 0 Å². The smallest absolute Gasteiger partial charge is 0.303 e. The quantitative estimate of drug-likeness (QED) is 0.755. The Labute approximate surface area is 125 Å². The number of aliphatic carboxylic acids is 1. The van der Waals surface area contributed by atoms with Gasteiger partial charge >= 0.3 is 5.97 Å². The summed E-state index contributed by atoms with van der Waals surface area (Å²) in [6.07, 6.45) is 2.09. The van der Waals surface area contributed by atoms with Gasteiger partial charge in [-0.05, 0) is 12.0 Å². The highest BCUT2D eigenvalue weighted by atomic mass is 32.1. The molecule has 0 spiro atoms. The Morgan fingerprint density at radius 2 is 2.05 bits per heavy atom. The fourth-order valence-electron chi connectivity index (χ4n) is 2.08. The molecule has 0 aliphatic rings. The van der Waals surface area contributed by atoms with Crippen LogP contribution in [0.5, 0.6) is 0 Å². The number of carboxylic acid groups (broad SMARTS) is 1. The number of hydrogen-bond acceptors (Lipinski definition) is 5. The lowest BCUT2D eigenvalue weighted by molar-refractivity contribution is -0.137. The lowest BCUT2D eigenvalue weighted by Crippen LogP contribution is -1.99. The molecular formula is C14H14N4O2S. The molecule has 0 saturated carbocycles. The second-order valence-corrected chi connectivity index (χ2v) is 5.76. The predicted molar refractivity (Wildman–Crippen MR) is 78.5 cm³/mol. The molecule has 0 radical (unpaired) electrons. The molecular weight excluding hydrogens is 288 g/mol. The number of nitrogens with zero attached hydrogens (tertiary/aromatic N) is 4. The summed E-state index contributed by atoms with van der Waals surface area (Å²) >= 11 is 1.47. The molecule has 2 aromatic heterocycles. The van der Waals surface area contributed by atoms with Crippen LogP contribution in [0.25, 0.3) is 4.96 Å². The summed E-state index contributed by atoms with van der Waals surface area (Å²) in [5.41, 5.74) is 1.16. The zero-order valence-electron chi connectivity index (χ0n) is 11.3. The minimum absolute atomic E-state index is 0.164. The molecule has 0 saturated heterocycles. The van der Waals surface area contributed by atoms with E-state index in [-0.39, 0.29) is 6.42 Å². The molecule has 1 aromatic carbocycles. The van der Waals surface area contributed by atoms with E-state index in [9.17, 15) is 4.79 Å². The molecule has 6 nitrogen and oxygen atoms in total. The molecule has 7 heteroatoms. The maximum atomic E-state index is 10.5. The van der Waals surface area contributed by atoms with Crippen molar-refractivity contribution in [2.75, 3.05) is 0 Å². The van der Waals surface area contributed by atoms with E-state index >= 15 is 0 Å². The number of hydrogen-bond donors (Lipinski definition) is 1. The third kappa shape index (κ3) is 3.25. The van der Waals surface area contributed by atoms with Crippen molar-refractivity contribution in [3.8, 4) is 0 Å². The highest BCUT2D eigenvalue weighted by molar-refractivity contribution is 7.16. The average Bonchev–Trinajstić information content (AvgIpc) is 3.01. The highest BCUT2D eigenvalue weighted by Crippen LogP contribution is 2.17. The van der Waals surface area contributed by atoms with Gasteiger partial charge in [-0.15, -0.1) is 10.2 Å². The molecule has 21 heavy (non-hydrogen) atoms. The highest BCUT2D eigenvalue weighted by Gasteiger charge is 2.12. The lowest BCUT2D eigenvalue weighted by atomic mass is 10.1. The van der Waals surface area contributed by atoms with Gasteiger partial charge in [-0.25, -0.2) is 0 Å². The second-order valence-electron chi connectivity index (χ2n) is 4.72. The third-order valence-electron chi connectivity index (χ3n) is 3.08. The third-order valence-corrected chi connectivity index (χ3v) is 4.04. The van der Waals surface area contributed by atoms with Crippen LogP contribution >= 0.6 is 11.3 Å². The van der Waals surface area contributed by atoms with Crippen molar-refractivity contribution in [3.63, 3.8) is 0 Å². The number of aryl methyl sites for hydroxylation is 1. The number of rotatable bonds is 6. The van der Waals surface area contributed by atoms with Crippen LogP contribution in [0.2, 0.25) is 0 Å². The first-order valence-electron chi connectivity index (χ1n) is 6.68. The van der Waals surface area contributed by atoms with Crippen molar-refractivity contribution in [3.05, 3.63) is 46.7 Å². The second kappa shape index (κ2) is 6.01. The molecule has 0 atom stereocenters. The maximum Gasteiger partial charge on any atom is 0.303 e. The van der Waals surface area contributed by atoms with E-state index < -0.39 is 5.97 Å². The first-order valence-corrected chi connectivity index (χ1v) is 7.50. The number of fused-ring (bicyclic) bond motifs is 1. The van der Waals surface area contributed by atoms with Gasteiger partial charge in [0.2, 0.25) is 4.96 Å². The predicted octanol–water partition coefficient (Wildman–Crippen LogP) is 2.18. The van der Waals surface area contributed by atoms with Crippen LogP contribution in [0.1, 0.15) is 29.2 Å². The Morgan fingerprint density at radius 1 is 1.24 bits per heavy atom. The van der Waals surface area contributed by atoms with E-state index in [0.29, 0.717) is 19.3 Å². The van der Waals surface area contributed by atoms with E-state index in [1.807, 2.05) is 30.3 Å². The van der Waals surface area contributed by atoms with Gasteiger partial charge < -0.3 is 5.11 Å². The molecule has 0 fully saturated rings. The molecule has 0 bridgehead atoms. The number of benzene rings is 1. The summed E-state index contributed by atoms with van der Waals surface area (Å²) in [6, 6.07) is 10.0. The Balaban J connectivity index is 1.75. The van der Waals surface area contributed by atoms with Gasteiger partial charge in [-0.3, -0.25) is 4.79 Å². The Kier molecular flexibility index (Phi) is 3.92. The number of aromatic nitrogens is 4. The van der Waals surface area contributed by atoms with Gasteiger partial charge in [0, 0.05) is 19.3 Å². The fraction of sp³-hybridized carbons (Fsp3) is 0.286. The molecule has 0 aliphatic carbocycles. The lowest BCUT2D eigenvalue weighted by Gasteiger charge is -1.97. The molecule has 0 unspecified atom stereocenters. The maximum absolute atomic E-state index is 10.5. The van der Waals surface area contributed by atoms with Crippen LogP contribution in [0.3, 0.4) is 0 Å². The zero-order chi connectivity index (χ0) is 14.7. The molecule has 0 amide bonds. The van der Waals surface area contributed by atoms with Crippen LogP contribution in [0.15, 0.2) is 30.3 Å². The molecule has 3 rings (SSSR count). The molecule has 108 valence electrons. The standard InChI is InChI=1S/C14H14N4O2S/c19-13(20)8-4-7-12-17-18-11(15-16-14(18)21-12)9-10-5-2-1-3-6-10/h1-3,5-6H,4,7-9H2,(H,19,20). The summed E-state index contributed by atoms with van der Waals surface area (Å²) in [5.74, 6) is 0.0275. The zero-order valence-corrected chi connectivity index (χ0v) is 12.1. The molecule has 0 aliphatic heterocycles. The van der Waals surface area contributed by atoms with Gasteiger partial charge in [-0.2, -0.15) is 9.61 Å². The van der Waals surface area contributed by atoms with Gasteiger partial charge in [0.05, 0.1) is 0 Å². The van der Waals surface area contributed by atoms with E-state index in [1.54, 1.807) is 4.52 Å². The topological polar surface area (TPSA) is 80.4 Å². The van der Waals surface area contributed by atoms with Crippen LogP contribution in [0, 0.1) is 0 Å². The van der Waals surface area contributed by atoms with E-state index in [1.165, 1.54) is 11.3 Å². The molecule has 3 aromatic rings. The summed E-state index contributed by atoms with van der Waals surface area (Å²) in [4.78, 5) is 11.3. The fourth-order valence-corrected chi connectivity index (χ4v) is 2.97. The van der Waals surface area contributed by atoms with Crippen LogP contribution < -0.4 is 0 Å². The number of carbonyl (C=O) groups is 1. The van der Waals surface area contributed by atoms with Crippen LogP contribution in [-0.2, 0) is 17.6 Å². The van der Waals surface area contributed by atoms with Crippen LogP contribution in [0.4, 0.5) is 0 Å². The summed E-state index contributed by atoms with van der Waals surface area (Å²) in [7, 11) is 0. The first kappa shape index (κ1) is 13.7. The average molecular weight is 302 g/mol. The van der Waals surface area contributed by atoms with E-state index in [0.717, 1.165) is 21.4 Å². The molecule has 2 heterocycles. The Hall–Kier alpha value is -2.28. The van der Waals surface area contributed by atoms with Crippen molar-refractivity contribution < 1.29 is 9.90 Å². The van der Waals surface area contributed by atoms with Crippen molar-refractivity contribution >= 4 is 22.3 Å². The van der Waals surface area contributed by atoms with Crippen LogP contribution in [-0.4, -0.2) is 30.9 Å². The molecule has 1 N–H and O–H groups in total. The summed E-state index contributed by atoms with van der Waals surface area (Å²) in [6.45, 7) is 0. The van der Waals surface area contributed by atoms with Gasteiger partial charge in [-0.1, -0.05) is 41.7 Å². The largest absolute Gasteiger partial charge is 0.481 e. The van der Waals surface area contributed by atoms with Crippen molar-refractivity contribution in [2.45, 2.75) is 25.7 Å². The van der Waals surface area contributed by atoms with Crippen molar-refractivity contribution in [1.29, 1.82) is 0 Å². The normalized spacial score (nSPS) is 11.0. The van der Waals surface area contributed by atoms with Gasteiger partial charge in [0.1, 0.15) is 5.01 Å². The Morgan fingerprint density at radius 3 is 2.81 bits per heavy atom. The Bertz CT molecular complexity index is 751. The van der Waals surface area contributed by atoms with E-state index in [2.05, 4.69) is 15.3 Å².